The van der Waals surface area contributed by atoms with Crippen molar-refractivity contribution in [1.82, 2.24) is 0 Å². The van der Waals surface area contributed by atoms with Gasteiger partial charge in [-0.15, -0.1) is 0 Å². The SMILES string of the molecule is C[CH2][Ge]([CH2]C)([CH2]C)[CH2]/C=C(\C)CCC=C(C)C. The Labute approximate surface area is 112 Å². The predicted molar refractivity (Wildman–Crippen MR) is 84.4 cm³/mol. The molecule has 100 valence electrons. The van der Waals surface area contributed by atoms with Crippen molar-refractivity contribution in [2.45, 2.75) is 75.4 Å². The van der Waals surface area contributed by atoms with Gasteiger partial charge in [-0.05, 0) is 0 Å². The van der Waals surface area contributed by atoms with Gasteiger partial charge in [-0.25, -0.2) is 0 Å². The molecule has 0 aromatic heterocycles. The van der Waals surface area contributed by atoms with Crippen LogP contribution in [0.25, 0.3) is 0 Å². The number of allylic oxidation sites excluding steroid dienone is 4. The second-order valence-corrected chi connectivity index (χ2v) is 17.2. The van der Waals surface area contributed by atoms with Crippen molar-refractivity contribution in [2.24, 2.45) is 0 Å². The molecule has 1 heteroatoms. The van der Waals surface area contributed by atoms with Crippen molar-refractivity contribution in [1.29, 1.82) is 0 Å². The normalized spacial score (nSPS) is 12.7. The van der Waals surface area contributed by atoms with Crippen molar-refractivity contribution in [3.63, 3.8) is 0 Å². The monoisotopic (exact) mass is 298 g/mol. The van der Waals surface area contributed by atoms with E-state index in [9.17, 15) is 0 Å². The molecule has 0 unspecified atom stereocenters. The molecule has 0 fully saturated rings. The van der Waals surface area contributed by atoms with Crippen LogP contribution in [0.2, 0.25) is 21.0 Å². The van der Waals surface area contributed by atoms with Crippen LogP contribution in [0.5, 0.6) is 0 Å². The molecule has 0 amide bonds. The van der Waals surface area contributed by atoms with Gasteiger partial charge in [0.2, 0.25) is 0 Å². The average Bonchev–Trinajstić information content (AvgIpc) is 2.31. The zero-order chi connectivity index (χ0) is 13.3. The van der Waals surface area contributed by atoms with Crippen LogP contribution in [0.1, 0.15) is 54.4 Å². The molecule has 0 N–H and O–H groups in total. The first-order valence-electron chi connectivity index (χ1n) is 7.28. The first kappa shape index (κ1) is 17.0. The van der Waals surface area contributed by atoms with Crippen LogP contribution in [-0.2, 0) is 0 Å². The Balaban J connectivity index is 4.25. The van der Waals surface area contributed by atoms with Crippen molar-refractivity contribution in [3.8, 4) is 0 Å². The van der Waals surface area contributed by atoms with Gasteiger partial charge in [0.15, 0.2) is 0 Å². The molecule has 0 aromatic carbocycles. The molecule has 0 rings (SSSR count). The summed E-state index contributed by atoms with van der Waals surface area (Å²) in [5.41, 5.74) is 3.05. The minimum atomic E-state index is -1.45. The van der Waals surface area contributed by atoms with E-state index in [-0.39, 0.29) is 0 Å². The van der Waals surface area contributed by atoms with E-state index in [0.29, 0.717) is 0 Å². The summed E-state index contributed by atoms with van der Waals surface area (Å²) < 4.78 is 0. The van der Waals surface area contributed by atoms with Gasteiger partial charge >= 0.3 is 112 Å². The first-order chi connectivity index (χ1) is 7.99. The standard InChI is InChI=1S/C16H32Ge/c1-7-17(8-2,9-3)14-13-16(6)12-10-11-15(4)5/h11,13H,7-10,12,14H2,1-6H3/b16-13+. The van der Waals surface area contributed by atoms with Crippen molar-refractivity contribution in [2.75, 3.05) is 0 Å². The Kier molecular flexibility index (Phi) is 9.03. The van der Waals surface area contributed by atoms with Crippen LogP contribution in [0, 0.1) is 0 Å². The topological polar surface area (TPSA) is 0 Å². The minimum absolute atomic E-state index is 1.22. The van der Waals surface area contributed by atoms with Crippen LogP contribution in [0.4, 0.5) is 0 Å². The van der Waals surface area contributed by atoms with E-state index < -0.39 is 13.3 Å². The van der Waals surface area contributed by atoms with Gasteiger partial charge in [0.1, 0.15) is 0 Å². The van der Waals surface area contributed by atoms with E-state index in [4.69, 9.17) is 0 Å². The molecular weight excluding hydrogens is 265 g/mol. The Bertz CT molecular complexity index is 244. The summed E-state index contributed by atoms with van der Waals surface area (Å²) in [7, 11) is 0. The van der Waals surface area contributed by atoms with Gasteiger partial charge in [0, 0.05) is 0 Å². The summed E-state index contributed by atoms with van der Waals surface area (Å²) in [6, 6.07) is 0. The molecule has 0 saturated heterocycles. The maximum atomic E-state index is 2.56. The van der Waals surface area contributed by atoms with Crippen LogP contribution in [-0.4, -0.2) is 13.3 Å². The predicted octanol–water partition coefficient (Wildman–Crippen LogP) is 6.19. The fourth-order valence-electron chi connectivity index (χ4n) is 2.26. The molecule has 0 aromatic rings. The summed E-state index contributed by atoms with van der Waals surface area (Å²) in [5.74, 6) is 0. The van der Waals surface area contributed by atoms with Crippen LogP contribution >= 0.6 is 0 Å². The molecule has 0 aliphatic carbocycles. The molecule has 0 spiro atoms. The first-order valence-corrected chi connectivity index (χ1v) is 13.2. The summed E-state index contributed by atoms with van der Waals surface area (Å²) >= 11 is -1.45. The van der Waals surface area contributed by atoms with E-state index in [1.54, 1.807) is 5.57 Å². The van der Waals surface area contributed by atoms with Crippen LogP contribution in [0.15, 0.2) is 23.3 Å². The molecule has 0 atom stereocenters. The van der Waals surface area contributed by atoms with E-state index >= 15 is 0 Å². The second kappa shape index (κ2) is 9.02. The van der Waals surface area contributed by atoms with E-state index in [0.717, 1.165) is 0 Å². The van der Waals surface area contributed by atoms with Gasteiger partial charge in [0.25, 0.3) is 0 Å². The molecule has 0 heterocycles. The third-order valence-electron chi connectivity index (χ3n) is 4.22. The molecule has 17 heavy (non-hydrogen) atoms. The van der Waals surface area contributed by atoms with Crippen LogP contribution in [0.3, 0.4) is 0 Å². The van der Waals surface area contributed by atoms with E-state index in [1.165, 1.54) is 39.4 Å². The summed E-state index contributed by atoms with van der Waals surface area (Å²) in [6.45, 7) is 13.9. The van der Waals surface area contributed by atoms with Crippen LogP contribution < -0.4 is 0 Å². The molecule has 0 radical (unpaired) electrons. The van der Waals surface area contributed by atoms with Gasteiger partial charge in [-0.2, -0.15) is 0 Å². The number of hydrogen-bond acceptors (Lipinski definition) is 0. The van der Waals surface area contributed by atoms with Crippen molar-refractivity contribution < 1.29 is 0 Å². The second-order valence-electron chi connectivity index (χ2n) is 5.64. The Hall–Kier alpha value is 0.0229. The molecule has 0 aliphatic rings. The van der Waals surface area contributed by atoms with E-state index in [1.807, 2.05) is 0 Å². The van der Waals surface area contributed by atoms with E-state index in [2.05, 4.69) is 53.7 Å². The summed E-state index contributed by atoms with van der Waals surface area (Å²) in [6.07, 6.45) is 7.39. The summed E-state index contributed by atoms with van der Waals surface area (Å²) in [5, 5.41) is 5.92. The fourth-order valence-corrected chi connectivity index (χ4v) is 8.87. The van der Waals surface area contributed by atoms with Crippen molar-refractivity contribution >= 4 is 13.3 Å². The number of hydrogen-bond donors (Lipinski definition) is 0. The molecule has 0 aliphatic heterocycles. The van der Waals surface area contributed by atoms with Gasteiger partial charge < -0.3 is 0 Å². The third-order valence-corrected chi connectivity index (χ3v) is 15.9. The average molecular weight is 297 g/mol. The Morgan fingerprint density at radius 1 is 0.882 bits per heavy atom. The molecule has 0 bridgehead atoms. The fraction of sp³-hybridized carbons (Fsp3) is 0.750. The molecule has 0 nitrogen and oxygen atoms in total. The van der Waals surface area contributed by atoms with Gasteiger partial charge in [-0.3, -0.25) is 0 Å². The zero-order valence-electron chi connectivity index (χ0n) is 12.9. The Morgan fingerprint density at radius 2 is 1.41 bits per heavy atom. The van der Waals surface area contributed by atoms with Gasteiger partial charge in [0.05, 0.1) is 0 Å². The van der Waals surface area contributed by atoms with Crippen molar-refractivity contribution in [3.05, 3.63) is 23.3 Å². The van der Waals surface area contributed by atoms with Gasteiger partial charge in [-0.1, -0.05) is 0 Å². The molecular formula is C16H32Ge. The molecule has 0 saturated carbocycles. The Morgan fingerprint density at radius 3 is 1.82 bits per heavy atom. The quantitative estimate of drug-likeness (QED) is 0.370. The number of rotatable bonds is 8. The third kappa shape index (κ3) is 7.13. The summed E-state index contributed by atoms with van der Waals surface area (Å²) in [4.78, 5) is 0. The maximum absolute atomic E-state index is 2.56. The zero-order valence-corrected chi connectivity index (χ0v) is 15.0.